The van der Waals surface area contributed by atoms with Gasteiger partial charge >= 0.3 is 5.97 Å². The minimum Gasteiger partial charge on any atom is -0.478 e. The Kier molecular flexibility index (Phi) is 2.10. The molecule has 17 heavy (non-hydrogen) atoms. The maximum atomic E-state index is 11.4. The summed E-state index contributed by atoms with van der Waals surface area (Å²) in [5, 5.41) is 9.36. The molecule has 1 spiro atoms. The van der Waals surface area contributed by atoms with Crippen LogP contribution in [0.25, 0.3) is 0 Å². The molecule has 0 aromatic heterocycles. The molecule has 2 heteroatoms. The molecule has 0 bridgehead atoms. The van der Waals surface area contributed by atoms with E-state index >= 15 is 0 Å². The number of aliphatic carboxylic acids is 1. The highest BCUT2D eigenvalue weighted by molar-refractivity contribution is 5.88. The summed E-state index contributed by atoms with van der Waals surface area (Å²) in [7, 11) is 0. The Morgan fingerprint density at radius 1 is 1.41 bits per heavy atom. The van der Waals surface area contributed by atoms with Gasteiger partial charge in [0.1, 0.15) is 0 Å². The summed E-state index contributed by atoms with van der Waals surface area (Å²) in [6, 6.07) is 0. The molecule has 0 amide bonds. The van der Waals surface area contributed by atoms with Crippen LogP contribution < -0.4 is 0 Å². The highest BCUT2D eigenvalue weighted by Gasteiger charge is 2.63. The Bertz CT molecular complexity index is 407. The Morgan fingerprint density at radius 2 is 2.12 bits per heavy atom. The van der Waals surface area contributed by atoms with Crippen LogP contribution in [0, 0.1) is 28.6 Å². The summed E-state index contributed by atoms with van der Waals surface area (Å²) in [6.45, 7) is 7.03. The molecule has 94 valence electrons. The first kappa shape index (κ1) is 11.3. The molecule has 0 heterocycles. The molecule has 0 aliphatic heterocycles. The average molecular weight is 234 g/mol. The van der Waals surface area contributed by atoms with Crippen molar-refractivity contribution in [3.8, 4) is 0 Å². The van der Waals surface area contributed by atoms with Crippen LogP contribution in [0.4, 0.5) is 0 Å². The SMILES string of the molecule is C[C@@H]1CC[C@@H]2C(C(=O)O)=C[C@H]3CC(C)(C)C[C@@]123. The number of allylic oxidation sites excluding steroid dienone is 1. The van der Waals surface area contributed by atoms with E-state index in [4.69, 9.17) is 0 Å². The van der Waals surface area contributed by atoms with E-state index in [0.29, 0.717) is 23.2 Å². The zero-order chi connectivity index (χ0) is 12.4. The highest BCUT2D eigenvalue weighted by Crippen LogP contribution is 2.70. The van der Waals surface area contributed by atoms with Gasteiger partial charge in [-0.15, -0.1) is 0 Å². The lowest BCUT2D eigenvalue weighted by Gasteiger charge is -2.36. The van der Waals surface area contributed by atoms with Gasteiger partial charge in [-0.2, -0.15) is 0 Å². The van der Waals surface area contributed by atoms with E-state index in [0.717, 1.165) is 12.0 Å². The molecular formula is C15H22O2. The molecule has 3 aliphatic carbocycles. The number of carboxylic acid groups (broad SMARTS) is 1. The van der Waals surface area contributed by atoms with Crippen LogP contribution in [0.5, 0.6) is 0 Å². The lowest BCUT2D eigenvalue weighted by Crippen LogP contribution is -2.32. The topological polar surface area (TPSA) is 37.3 Å². The summed E-state index contributed by atoms with van der Waals surface area (Å²) < 4.78 is 0. The maximum Gasteiger partial charge on any atom is 0.331 e. The second-order valence-electron chi connectivity index (χ2n) is 7.22. The molecule has 0 aromatic rings. The molecular weight excluding hydrogens is 212 g/mol. The van der Waals surface area contributed by atoms with Crippen LogP contribution in [0.2, 0.25) is 0 Å². The predicted octanol–water partition coefficient (Wildman–Crippen LogP) is 3.48. The normalized spacial score (nSPS) is 46.5. The van der Waals surface area contributed by atoms with Gasteiger partial charge in [0.25, 0.3) is 0 Å². The van der Waals surface area contributed by atoms with Crippen LogP contribution in [-0.4, -0.2) is 11.1 Å². The van der Waals surface area contributed by atoms with Crippen molar-refractivity contribution in [2.45, 2.75) is 46.5 Å². The van der Waals surface area contributed by atoms with Gasteiger partial charge in [0.05, 0.1) is 0 Å². The van der Waals surface area contributed by atoms with Crippen molar-refractivity contribution in [3.63, 3.8) is 0 Å². The van der Waals surface area contributed by atoms with Crippen molar-refractivity contribution < 1.29 is 9.90 Å². The van der Waals surface area contributed by atoms with E-state index in [1.807, 2.05) is 0 Å². The third-order valence-corrected chi connectivity index (χ3v) is 5.71. The summed E-state index contributed by atoms with van der Waals surface area (Å²) in [4.78, 5) is 11.4. The Morgan fingerprint density at radius 3 is 2.76 bits per heavy atom. The number of carbonyl (C=O) groups is 1. The molecule has 0 radical (unpaired) electrons. The molecule has 2 nitrogen and oxygen atoms in total. The van der Waals surface area contributed by atoms with E-state index in [9.17, 15) is 9.90 Å². The van der Waals surface area contributed by atoms with Crippen molar-refractivity contribution in [3.05, 3.63) is 11.6 Å². The zero-order valence-electron chi connectivity index (χ0n) is 11.0. The van der Waals surface area contributed by atoms with Crippen LogP contribution in [0.15, 0.2) is 11.6 Å². The fourth-order valence-corrected chi connectivity index (χ4v) is 5.25. The molecule has 2 fully saturated rings. The predicted molar refractivity (Wildman–Crippen MR) is 66.5 cm³/mol. The second-order valence-corrected chi connectivity index (χ2v) is 7.22. The summed E-state index contributed by atoms with van der Waals surface area (Å²) in [5.41, 5.74) is 1.41. The Balaban J connectivity index is 2.06. The van der Waals surface area contributed by atoms with Gasteiger partial charge in [-0.1, -0.05) is 26.8 Å². The van der Waals surface area contributed by atoms with Crippen LogP contribution in [0.1, 0.15) is 46.5 Å². The van der Waals surface area contributed by atoms with Gasteiger partial charge in [-0.25, -0.2) is 4.79 Å². The van der Waals surface area contributed by atoms with Crippen molar-refractivity contribution in [2.75, 3.05) is 0 Å². The van der Waals surface area contributed by atoms with Gasteiger partial charge in [0.15, 0.2) is 0 Å². The van der Waals surface area contributed by atoms with Crippen molar-refractivity contribution in [1.29, 1.82) is 0 Å². The van der Waals surface area contributed by atoms with E-state index in [1.54, 1.807) is 0 Å². The van der Waals surface area contributed by atoms with Gasteiger partial charge in [-0.3, -0.25) is 0 Å². The standard InChI is InChI=1S/C15H22O2/c1-9-4-5-12-11(13(16)17)6-10-7-14(2,3)8-15(9,10)12/h6,9-10,12H,4-5,7-8H2,1-3H3,(H,16,17)/t9-,10+,12-,15+/m1/s1. The van der Waals surface area contributed by atoms with Gasteiger partial charge in [0, 0.05) is 5.57 Å². The molecule has 2 saturated carbocycles. The number of carboxylic acids is 1. The smallest absolute Gasteiger partial charge is 0.331 e. The zero-order valence-corrected chi connectivity index (χ0v) is 11.0. The van der Waals surface area contributed by atoms with Crippen molar-refractivity contribution >= 4 is 5.97 Å². The summed E-state index contributed by atoms with van der Waals surface area (Å²) >= 11 is 0. The molecule has 3 rings (SSSR count). The number of hydrogen-bond donors (Lipinski definition) is 1. The highest BCUT2D eigenvalue weighted by atomic mass is 16.4. The minimum atomic E-state index is -0.671. The van der Waals surface area contributed by atoms with Gasteiger partial charge in [-0.05, 0) is 54.3 Å². The minimum absolute atomic E-state index is 0.289. The molecule has 0 aromatic carbocycles. The molecule has 1 N–H and O–H groups in total. The lowest BCUT2D eigenvalue weighted by atomic mass is 9.67. The van der Waals surface area contributed by atoms with E-state index in [2.05, 4.69) is 26.8 Å². The molecule has 4 atom stereocenters. The molecule has 0 unspecified atom stereocenters. The van der Waals surface area contributed by atoms with E-state index in [-0.39, 0.29) is 5.41 Å². The van der Waals surface area contributed by atoms with E-state index in [1.165, 1.54) is 19.3 Å². The van der Waals surface area contributed by atoms with Crippen LogP contribution in [-0.2, 0) is 4.79 Å². The third-order valence-electron chi connectivity index (χ3n) is 5.71. The number of hydrogen-bond acceptors (Lipinski definition) is 1. The average Bonchev–Trinajstić information content (AvgIpc) is 2.73. The third kappa shape index (κ3) is 1.30. The summed E-state index contributed by atoms with van der Waals surface area (Å²) in [5.74, 6) is 0.871. The van der Waals surface area contributed by atoms with Crippen LogP contribution >= 0.6 is 0 Å². The quantitative estimate of drug-likeness (QED) is 0.754. The maximum absolute atomic E-state index is 11.4. The lowest BCUT2D eigenvalue weighted by molar-refractivity contribution is -0.133. The first-order valence-corrected chi connectivity index (χ1v) is 6.82. The van der Waals surface area contributed by atoms with Crippen LogP contribution in [0.3, 0.4) is 0 Å². The largest absolute Gasteiger partial charge is 0.478 e. The van der Waals surface area contributed by atoms with Crippen molar-refractivity contribution in [1.82, 2.24) is 0 Å². The van der Waals surface area contributed by atoms with Crippen molar-refractivity contribution in [2.24, 2.45) is 28.6 Å². The second kappa shape index (κ2) is 3.15. The molecule has 0 saturated heterocycles. The molecule has 3 aliphatic rings. The number of rotatable bonds is 1. The van der Waals surface area contributed by atoms with Gasteiger partial charge in [0.2, 0.25) is 0 Å². The van der Waals surface area contributed by atoms with Gasteiger partial charge < -0.3 is 5.11 Å². The summed E-state index contributed by atoms with van der Waals surface area (Å²) in [6.07, 6.45) is 6.79. The first-order chi connectivity index (χ1) is 7.87. The fraction of sp³-hybridized carbons (Fsp3) is 0.800. The fourth-order valence-electron chi connectivity index (χ4n) is 5.25. The monoisotopic (exact) mass is 234 g/mol. The Hall–Kier alpha value is -0.790. The first-order valence-electron chi connectivity index (χ1n) is 6.82. The Labute approximate surface area is 103 Å². The van der Waals surface area contributed by atoms with E-state index < -0.39 is 5.97 Å².